The predicted molar refractivity (Wildman–Crippen MR) is 68.2 cm³/mol. The molecular weight excluding hydrogens is 276 g/mol. The third-order valence-electron chi connectivity index (χ3n) is 2.41. The second-order valence-corrected chi connectivity index (χ2v) is 4.09. The van der Waals surface area contributed by atoms with E-state index in [4.69, 9.17) is 21.8 Å². The van der Waals surface area contributed by atoms with Gasteiger partial charge in [0.2, 0.25) is 0 Å². The summed E-state index contributed by atoms with van der Waals surface area (Å²) in [5.41, 5.74) is -0.533. The number of rotatable bonds is 6. The lowest BCUT2D eigenvalue weighted by Crippen LogP contribution is -2.36. The maximum atomic E-state index is 12.1. The van der Waals surface area contributed by atoms with Gasteiger partial charge in [-0.3, -0.25) is 14.9 Å². The standard InChI is InChI=1S/C11H13ClN2O5/c12-8-1-2-9(10(7-8)14(18)19)11(17)13(3-5-15)4-6-16/h1-2,7,15-16H,3-6H2. The van der Waals surface area contributed by atoms with Crippen LogP contribution in [-0.4, -0.2) is 52.2 Å². The van der Waals surface area contributed by atoms with Crippen LogP contribution in [0.2, 0.25) is 5.02 Å². The molecular formula is C11H13ClN2O5. The van der Waals surface area contributed by atoms with Crippen molar-refractivity contribution in [2.75, 3.05) is 26.3 Å². The van der Waals surface area contributed by atoms with Gasteiger partial charge in [-0.15, -0.1) is 0 Å². The Kier molecular flexibility index (Phi) is 5.68. The molecule has 1 amide bonds. The zero-order chi connectivity index (χ0) is 14.4. The average molecular weight is 289 g/mol. The average Bonchev–Trinajstić information content (AvgIpc) is 2.37. The van der Waals surface area contributed by atoms with Crippen LogP contribution in [0.5, 0.6) is 0 Å². The highest BCUT2D eigenvalue weighted by Gasteiger charge is 2.24. The molecule has 0 aliphatic heterocycles. The van der Waals surface area contributed by atoms with Crippen LogP contribution in [0.25, 0.3) is 0 Å². The van der Waals surface area contributed by atoms with Crippen molar-refractivity contribution < 1.29 is 19.9 Å². The predicted octanol–water partition coefficient (Wildman–Crippen LogP) is 0.675. The highest BCUT2D eigenvalue weighted by molar-refractivity contribution is 6.31. The van der Waals surface area contributed by atoms with Crippen molar-refractivity contribution in [2.24, 2.45) is 0 Å². The summed E-state index contributed by atoms with van der Waals surface area (Å²) in [7, 11) is 0. The van der Waals surface area contributed by atoms with E-state index >= 15 is 0 Å². The minimum atomic E-state index is -0.699. The molecule has 2 N–H and O–H groups in total. The molecule has 1 rings (SSSR count). The molecule has 104 valence electrons. The molecule has 0 saturated carbocycles. The minimum Gasteiger partial charge on any atom is -0.395 e. The first kappa shape index (κ1) is 15.4. The molecule has 0 heterocycles. The summed E-state index contributed by atoms with van der Waals surface area (Å²) < 4.78 is 0. The van der Waals surface area contributed by atoms with Crippen molar-refractivity contribution in [3.63, 3.8) is 0 Å². The molecule has 0 aliphatic carbocycles. The van der Waals surface area contributed by atoms with Gasteiger partial charge in [-0.1, -0.05) is 11.6 Å². The third-order valence-corrected chi connectivity index (χ3v) is 2.65. The van der Waals surface area contributed by atoms with Crippen LogP contribution < -0.4 is 0 Å². The monoisotopic (exact) mass is 288 g/mol. The Morgan fingerprint density at radius 3 is 2.37 bits per heavy atom. The molecule has 1 aromatic carbocycles. The number of hydrogen-bond acceptors (Lipinski definition) is 5. The molecule has 7 nitrogen and oxygen atoms in total. The number of carbonyl (C=O) groups is 1. The maximum absolute atomic E-state index is 12.1. The third kappa shape index (κ3) is 3.88. The summed E-state index contributed by atoms with van der Waals surface area (Å²) in [6.45, 7) is -0.626. The van der Waals surface area contributed by atoms with Crippen LogP contribution in [0.4, 0.5) is 5.69 Å². The zero-order valence-electron chi connectivity index (χ0n) is 9.95. The van der Waals surface area contributed by atoms with E-state index in [0.29, 0.717) is 0 Å². The lowest BCUT2D eigenvalue weighted by molar-refractivity contribution is -0.385. The number of hydrogen-bond donors (Lipinski definition) is 2. The van der Waals surface area contributed by atoms with Crippen LogP contribution in [0.1, 0.15) is 10.4 Å². The number of aliphatic hydroxyl groups excluding tert-OH is 2. The van der Waals surface area contributed by atoms with E-state index in [1.807, 2.05) is 0 Å². The highest BCUT2D eigenvalue weighted by atomic mass is 35.5. The normalized spacial score (nSPS) is 10.3. The number of carbonyl (C=O) groups excluding carboxylic acids is 1. The van der Waals surface area contributed by atoms with Crippen LogP contribution in [-0.2, 0) is 0 Å². The van der Waals surface area contributed by atoms with E-state index in [2.05, 4.69) is 0 Å². The van der Waals surface area contributed by atoms with E-state index in [1.54, 1.807) is 0 Å². The molecule has 0 radical (unpaired) electrons. The highest BCUT2D eigenvalue weighted by Crippen LogP contribution is 2.24. The van der Waals surface area contributed by atoms with E-state index < -0.39 is 16.5 Å². The molecule has 0 atom stereocenters. The largest absolute Gasteiger partial charge is 0.395 e. The molecule has 0 spiro atoms. The number of aliphatic hydroxyl groups is 2. The number of nitro benzene ring substituents is 1. The van der Waals surface area contributed by atoms with Gasteiger partial charge >= 0.3 is 0 Å². The minimum absolute atomic E-state index is 0.0147. The molecule has 0 saturated heterocycles. The summed E-state index contributed by atoms with van der Waals surface area (Å²) in [6, 6.07) is 3.72. The molecule has 8 heteroatoms. The van der Waals surface area contributed by atoms with E-state index in [9.17, 15) is 14.9 Å². The first-order valence-electron chi connectivity index (χ1n) is 5.46. The van der Waals surface area contributed by atoms with E-state index in [-0.39, 0.29) is 36.9 Å². The Morgan fingerprint density at radius 2 is 1.89 bits per heavy atom. The fourth-order valence-corrected chi connectivity index (χ4v) is 1.73. The summed E-state index contributed by atoms with van der Waals surface area (Å²) in [4.78, 5) is 23.4. The van der Waals surface area contributed by atoms with Gasteiger partial charge in [0.05, 0.1) is 18.1 Å². The van der Waals surface area contributed by atoms with Gasteiger partial charge in [-0.2, -0.15) is 0 Å². The van der Waals surface area contributed by atoms with Crippen molar-refractivity contribution in [1.82, 2.24) is 4.90 Å². The second-order valence-electron chi connectivity index (χ2n) is 3.66. The van der Waals surface area contributed by atoms with E-state index in [1.165, 1.54) is 12.1 Å². The summed E-state index contributed by atoms with van der Waals surface area (Å²) >= 11 is 5.66. The Morgan fingerprint density at radius 1 is 1.32 bits per heavy atom. The fraction of sp³-hybridized carbons (Fsp3) is 0.364. The first-order chi connectivity index (χ1) is 9.01. The van der Waals surface area contributed by atoms with Crippen molar-refractivity contribution in [2.45, 2.75) is 0 Å². The zero-order valence-corrected chi connectivity index (χ0v) is 10.7. The van der Waals surface area contributed by atoms with Crippen molar-refractivity contribution in [3.05, 3.63) is 38.9 Å². The lowest BCUT2D eigenvalue weighted by Gasteiger charge is -2.20. The maximum Gasteiger partial charge on any atom is 0.283 e. The number of nitrogens with zero attached hydrogens (tertiary/aromatic N) is 2. The molecule has 1 aromatic rings. The smallest absolute Gasteiger partial charge is 0.283 e. The summed E-state index contributed by atoms with van der Waals surface area (Å²) in [5, 5.41) is 28.7. The van der Waals surface area contributed by atoms with Gasteiger partial charge in [0, 0.05) is 24.2 Å². The Labute approximate surface area is 114 Å². The fourth-order valence-electron chi connectivity index (χ4n) is 1.56. The van der Waals surface area contributed by atoms with E-state index in [0.717, 1.165) is 11.0 Å². The van der Waals surface area contributed by atoms with Crippen molar-refractivity contribution in [3.8, 4) is 0 Å². The molecule has 0 aliphatic rings. The number of halogens is 1. The van der Waals surface area contributed by atoms with Crippen molar-refractivity contribution in [1.29, 1.82) is 0 Å². The van der Waals surface area contributed by atoms with Gasteiger partial charge in [-0.05, 0) is 12.1 Å². The van der Waals surface area contributed by atoms with Crippen LogP contribution >= 0.6 is 11.6 Å². The van der Waals surface area contributed by atoms with Gasteiger partial charge in [0.25, 0.3) is 11.6 Å². The second kappa shape index (κ2) is 7.03. The number of benzene rings is 1. The Hall–Kier alpha value is -1.70. The molecule has 0 aromatic heterocycles. The first-order valence-corrected chi connectivity index (χ1v) is 5.84. The number of amides is 1. The lowest BCUT2D eigenvalue weighted by atomic mass is 10.1. The molecule has 0 unspecified atom stereocenters. The molecule has 19 heavy (non-hydrogen) atoms. The van der Waals surface area contributed by atoms with Gasteiger partial charge in [0.1, 0.15) is 5.56 Å². The van der Waals surface area contributed by atoms with Gasteiger partial charge < -0.3 is 15.1 Å². The van der Waals surface area contributed by atoms with Gasteiger partial charge in [0.15, 0.2) is 0 Å². The molecule has 0 bridgehead atoms. The summed E-state index contributed by atoms with van der Waals surface area (Å²) in [6.07, 6.45) is 0. The van der Waals surface area contributed by atoms with Crippen molar-refractivity contribution >= 4 is 23.2 Å². The van der Waals surface area contributed by atoms with Crippen LogP contribution in [0, 0.1) is 10.1 Å². The Balaban J connectivity index is 3.13. The van der Waals surface area contributed by atoms with Crippen LogP contribution in [0.15, 0.2) is 18.2 Å². The van der Waals surface area contributed by atoms with Gasteiger partial charge in [-0.25, -0.2) is 0 Å². The quantitative estimate of drug-likeness (QED) is 0.591. The van der Waals surface area contributed by atoms with Crippen LogP contribution in [0.3, 0.4) is 0 Å². The molecule has 0 fully saturated rings. The summed E-state index contributed by atoms with van der Waals surface area (Å²) in [5.74, 6) is -0.633. The Bertz CT molecular complexity index is 474. The topological polar surface area (TPSA) is 104 Å². The SMILES string of the molecule is O=C(c1ccc(Cl)cc1[N+](=O)[O-])N(CCO)CCO. The number of nitro groups is 1.